The number of carboxylic acid groups (broad SMARTS) is 2. The molecular formula is C12H9F4NO7. The fraction of sp³-hybridized carbons (Fsp3) is 0.333. The molecule has 0 aliphatic heterocycles. The van der Waals surface area contributed by atoms with Crippen LogP contribution in [-0.2, 0) is 9.59 Å². The first kappa shape index (κ1) is 19.1. The Labute approximate surface area is 130 Å². The van der Waals surface area contributed by atoms with Gasteiger partial charge in [-0.1, -0.05) is 0 Å². The first-order chi connectivity index (χ1) is 11.0. The predicted molar refractivity (Wildman–Crippen MR) is 66.4 cm³/mol. The molecule has 0 aliphatic carbocycles. The minimum atomic E-state index is -3.41. The SMILES string of the molecule is O=C(O)C(C(=O)O)[C@@H](C[N+](=O)[O-])c1c(F)cc(OC(F)F)cc1F. The Balaban J connectivity index is 3.45. The van der Waals surface area contributed by atoms with Crippen LogP contribution in [0.1, 0.15) is 11.5 Å². The molecule has 0 amide bonds. The highest BCUT2D eigenvalue weighted by atomic mass is 19.3. The van der Waals surface area contributed by atoms with E-state index >= 15 is 0 Å². The molecule has 0 aromatic heterocycles. The molecule has 0 fully saturated rings. The van der Waals surface area contributed by atoms with Gasteiger partial charge in [0.15, 0.2) is 5.92 Å². The summed E-state index contributed by atoms with van der Waals surface area (Å²) in [6.45, 7) is -4.82. The van der Waals surface area contributed by atoms with Gasteiger partial charge in [-0.3, -0.25) is 19.7 Å². The van der Waals surface area contributed by atoms with E-state index in [9.17, 15) is 37.3 Å². The van der Waals surface area contributed by atoms with Gasteiger partial charge in [0.25, 0.3) is 0 Å². The Bertz CT molecular complexity index is 630. The normalized spacial score (nSPS) is 12.2. The van der Waals surface area contributed by atoms with Crippen LogP contribution >= 0.6 is 0 Å². The van der Waals surface area contributed by atoms with Crippen molar-refractivity contribution in [2.75, 3.05) is 6.54 Å². The first-order valence-electron chi connectivity index (χ1n) is 6.05. The van der Waals surface area contributed by atoms with Crippen molar-refractivity contribution in [2.24, 2.45) is 5.92 Å². The first-order valence-corrected chi connectivity index (χ1v) is 6.05. The molecule has 8 nitrogen and oxygen atoms in total. The van der Waals surface area contributed by atoms with E-state index in [1.807, 2.05) is 0 Å². The summed E-state index contributed by atoms with van der Waals surface area (Å²) in [6, 6.07) is 0.497. The molecule has 0 unspecified atom stereocenters. The third-order valence-electron chi connectivity index (χ3n) is 2.93. The molecule has 12 heteroatoms. The summed E-state index contributed by atoms with van der Waals surface area (Å²) in [4.78, 5) is 31.5. The van der Waals surface area contributed by atoms with Crippen LogP contribution < -0.4 is 4.74 Å². The second-order valence-electron chi connectivity index (χ2n) is 4.46. The maximum absolute atomic E-state index is 14.0. The van der Waals surface area contributed by atoms with E-state index in [1.165, 1.54) is 0 Å². The average molecular weight is 355 g/mol. The number of hydrogen-bond donors (Lipinski definition) is 2. The van der Waals surface area contributed by atoms with Gasteiger partial charge in [-0.15, -0.1) is 0 Å². The van der Waals surface area contributed by atoms with Crippen molar-refractivity contribution in [1.82, 2.24) is 0 Å². The third kappa shape index (κ3) is 4.54. The van der Waals surface area contributed by atoms with Crippen molar-refractivity contribution >= 4 is 11.9 Å². The fourth-order valence-corrected chi connectivity index (χ4v) is 2.06. The van der Waals surface area contributed by atoms with Gasteiger partial charge in [0.05, 0.1) is 5.92 Å². The number of hydrogen-bond acceptors (Lipinski definition) is 5. The van der Waals surface area contributed by atoms with Crippen molar-refractivity contribution in [3.8, 4) is 5.75 Å². The van der Waals surface area contributed by atoms with Gasteiger partial charge >= 0.3 is 18.6 Å². The molecule has 1 rings (SSSR count). The van der Waals surface area contributed by atoms with Crippen molar-refractivity contribution in [3.05, 3.63) is 39.4 Å². The lowest BCUT2D eigenvalue weighted by Crippen LogP contribution is -2.34. The number of carboxylic acids is 2. The van der Waals surface area contributed by atoms with Gasteiger partial charge in [0.2, 0.25) is 6.54 Å². The lowest BCUT2D eigenvalue weighted by atomic mass is 9.85. The maximum atomic E-state index is 14.0. The Kier molecular flexibility index (Phi) is 6.03. The zero-order valence-electron chi connectivity index (χ0n) is 11.5. The largest absolute Gasteiger partial charge is 0.481 e. The molecular weight excluding hydrogens is 346 g/mol. The van der Waals surface area contributed by atoms with Gasteiger partial charge in [-0.2, -0.15) is 8.78 Å². The standard InChI is InChI=1S/C12H9F4NO7/c13-6-1-4(24-12(15)16)2-7(14)8(6)5(3-17(22)23)9(10(18)19)11(20)21/h1-2,5,9,12H,3H2,(H,18,19)(H,20,21)/t5-/m0/s1. The van der Waals surface area contributed by atoms with Crippen LogP contribution in [0.5, 0.6) is 5.75 Å². The topological polar surface area (TPSA) is 127 Å². The van der Waals surface area contributed by atoms with Gasteiger partial charge in [0, 0.05) is 22.6 Å². The molecule has 1 aromatic carbocycles. The molecule has 0 radical (unpaired) electrons. The Hall–Kier alpha value is -2.92. The number of nitrogens with zero attached hydrogens (tertiary/aromatic N) is 1. The number of aliphatic carboxylic acids is 2. The zero-order valence-corrected chi connectivity index (χ0v) is 11.5. The smallest absolute Gasteiger partial charge is 0.387 e. The summed E-state index contributed by atoms with van der Waals surface area (Å²) in [7, 11) is 0. The number of nitro groups is 1. The highest BCUT2D eigenvalue weighted by molar-refractivity contribution is 5.94. The number of carbonyl (C=O) groups is 2. The van der Waals surface area contributed by atoms with E-state index < -0.39 is 64.8 Å². The number of ether oxygens (including phenoxy) is 1. The summed E-state index contributed by atoms with van der Waals surface area (Å²) in [5.74, 6) is -13.1. The van der Waals surface area contributed by atoms with Crippen molar-refractivity contribution in [1.29, 1.82) is 0 Å². The molecule has 132 valence electrons. The van der Waals surface area contributed by atoms with Crippen LogP contribution in [0.3, 0.4) is 0 Å². The lowest BCUT2D eigenvalue weighted by Gasteiger charge is -2.19. The Morgan fingerprint density at radius 1 is 1.17 bits per heavy atom. The van der Waals surface area contributed by atoms with E-state index in [0.717, 1.165) is 0 Å². The maximum Gasteiger partial charge on any atom is 0.387 e. The summed E-state index contributed by atoms with van der Waals surface area (Å²) in [5.41, 5.74) is -1.22. The minimum Gasteiger partial charge on any atom is -0.481 e. The summed E-state index contributed by atoms with van der Waals surface area (Å²) in [6.07, 6.45) is 0. The fourth-order valence-electron chi connectivity index (χ4n) is 2.06. The second-order valence-corrected chi connectivity index (χ2v) is 4.46. The van der Waals surface area contributed by atoms with E-state index in [2.05, 4.69) is 4.74 Å². The van der Waals surface area contributed by atoms with E-state index in [0.29, 0.717) is 0 Å². The molecule has 0 bridgehead atoms. The molecule has 24 heavy (non-hydrogen) atoms. The van der Waals surface area contributed by atoms with Crippen LogP contribution in [0.4, 0.5) is 17.6 Å². The van der Waals surface area contributed by atoms with Gasteiger partial charge in [-0.25, -0.2) is 8.78 Å². The van der Waals surface area contributed by atoms with Crippen molar-refractivity contribution in [2.45, 2.75) is 12.5 Å². The average Bonchev–Trinajstić information content (AvgIpc) is 2.34. The second kappa shape index (κ2) is 7.57. The highest BCUT2D eigenvalue weighted by Crippen LogP contribution is 2.33. The summed E-state index contributed by atoms with van der Waals surface area (Å²) in [5, 5.41) is 28.4. The van der Waals surface area contributed by atoms with Crippen molar-refractivity contribution in [3.63, 3.8) is 0 Å². The lowest BCUT2D eigenvalue weighted by molar-refractivity contribution is -0.484. The van der Waals surface area contributed by atoms with Gasteiger partial charge < -0.3 is 14.9 Å². The van der Waals surface area contributed by atoms with Crippen LogP contribution in [0.15, 0.2) is 12.1 Å². The zero-order chi connectivity index (χ0) is 18.6. The minimum absolute atomic E-state index is 0.248. The van der Waals surface area contributed by atoms with Crippen LogP contribution in [0, 0.1) is 27.7 Å². The Morgan fingerprint density at radius 3 is 1.96 bits per heavy atom. The van der Waals surface area contributed by atoms with Crippen LogP contribution in [0.25, 0.3) is 0 Å². The van der Waals surface area contributed by atoms with Gasteiger partial charge in [-0.05, 0) is 0 Å². The predicted octanol–water partition coefficient (Wildman–Crippen LogP) is 1.71. The number of halogens is 4. The molecule has 0 spiro atoms. The molecule has 1 atom stereocenters. The number of benzene rings is 1. The quantitative estimate of drug-likeness (QED) is 0.314. The van der Waals surface area contributed by atoms with Gasteiger partial charge in [0.1, 0.15) is 17.4 Å². The third-order valence-corrected chi connectivity index (χ3v) is 2.93. The molecule has 2 N–H and O–H groups in total. The number of alkyl halides is 2. The molecule has 0 heterocycles. The molecule has 0 aliphatic rings. The Morgan fingerprint density at radius 2 is 1.62 bits per heavy atom. The van der Waals surface area contributed by atoms with Crippen LogP contribution in [0.2, 0.25) is 0 Å². The molecule has 1 aromatic rings. The highest BCUT2D eigenvalue weighted by Gasteiger charge is 2.42. The van der Waals surface area contributed by atoms with E-state index in [1.54, 1.807) is 0 Å². The number of rotatable bonds is 8. The van der Waals surface area contributed by atoms with Crippen molar-refractivity contribution < 1.29 is 47.0 Å². The van der Waals surface area contributed by atoms with Crippen LogP contribution in [-0.4, -0.2) is 40.2 Å². The van der Waals surface area contributed by atoms with E-state index in [4.69, 9.17) is 10.2 Å². The molecule has 0 saturated heterocycles. The molecule has 0 saturated carbocycles. The summed E-state index contributed by atoms with van der Waals surface area (Å²) < 4.78 is 55.8. The summed E-state index contributed by atoms with van der Waals surface area (Å²) >= 11 is 0. The van der Waals surface area contributed by atoms with E-state index in [-0.39, 0.29) is 12.1 Å². The monoisotopic (exact) mass is 355 g/mol.